The number of nitrogens with two attached hydrogens (primary N) is 1. The zero-order chi connectivity index (χ0) is 12.8. The second kappa shape index (κ2) is 7.01. The molecule has 0 aromatic heterocycles. The van der Waals surface area contributed by atoms with Crippen molar-refractivity contribution in [3.63, 3.8) is 0 Å². The fraction of sp³-hybridized carbons (Fsp3) is 0.600. The summed E-state index contributed by atoms with van der Waals surface area (Å²) in [5.74, 6) is 0. The van der Waals surface area contributed by atoms with Gasteiger partial charge in [0, 0.05) is 0 Å². The van der Waals surface area contributed by atoms with Crippen molar-refractivity contribution < 1.29 is 0 Å². The predicted molar refractivity (Wildman–Crippen MR) is 79.1 cm³/mol. The van der Waals surface area contributed by atoms with Crippen molar-refractivity contribution in [2.45, 2.75) is 38.5 Å². The van der Waals surface area contributed by atoms with E-state index in [0.29, 0.717) is 10.7 Å². The van der Waals surface area contributed by atoms with Gasteiger partial charge in [-0.1, -0.05) is 30.5 Å². The van der Waals surface area contributed by atoms with E-state index in [0.717, 1.165) is 6.42 Å². The summed E-state index contributed by atoms with van der Waals surface area (Å²) >= 11 is 5.92. The summed E-state index contributed by atoms with van der Waals surface area (Å²) in [4.78, 5) is 2.60. The molecule has 1 fully saturated rings. The van der Waals surface area contributed by atoms with Gasteiger partial charge in [-0.2, -0.15) is 0 Å². The van der Waals surface area contributed by atoms with Crippen molar-refractivity contribution in [3.05, 3.63) is 28.8 Å². The first-order valence-corrected chi connectivity index (χ1v) is 7.40. The Hall–Kier alpha value is -0.730. The van der Waals surface area contributed by atoms with Gasteiger partial charge in [-0.3, -0.25) is 0 Å². The topological polar surface area (TPSA) is 29.3 Å². The first-order chi connectivity index (χ1) is 8.75. The van der Waals surface area contributed by atoms with Crippen LogP contribution in [0.1, 0.15) is 37.7 Å². The maximum absolute atomic E-state index is 5.92. The molecule has 1 aromatic carbocycles. The molecule has 2 nitrogen and oxygen atoms in total. The highest BCUT2D eigenvalue weighted by Gasteiger charge is 2.08. The lowest BCUT2D eigenvalue weighted by molar-refractivity contribution is 0.281. The molecule has 0 bridgehead atoms. The van der Waals surface area contributed by atoms with E-state index in [9.17, 15) is 0 Å². The quantitative estimate of drug-likeness (QED) is 0.842. The molecule has 1 saturated heterocycles. The molecule has 0 unspecified atom stereocenters. The summed E-state index contributed by atoms with van der Waals surface area (Å²) in [5, 5.41) is 0.659. The lowest BCUT2D eigenvalue weighted by Gasteiger charge is -2.19. The molecular weight excluding hydrogens is 244 g/mol. The van der Waals surface area contributed by atoms with Crippen molar-refractivity contribution in [1.82, 2.24) is 4.90 Å². The molecule has 0 atom stereocenters. The summed E-state index contributed by atoms with van der Waals surface area (Å²) in [5.41, 5.74) is 7.81. The summed E-state index contributed by atoms with van der Waals surface area (Å²) in [6.45, 7) is 3.77. The maximum atomic E-state index is 5.92. The molecule has 0 amide bonds. The van der Waals surface area contributed by atoms with Gasteiger partial charge in [0.05, 0.1) is 10.7 Å². The minimum Gasteiger partial charge on any atom is -0.398 e. The number of hydrogen-bond donors (Lipinski definition) is 1. The third kappa shape index (κ3) is 4.18. The molecule has 1 aliphatic rings. The Balaban J connectivity index is 1.75. The van der Waals surface area contributed by atoms with Gasteiger partial charge in [-0.05, 0) is 63.0 Å². The Morgan fingerprint density at radius 2 is 1.83 bits per heavy atom. The van der Waals surface area contributed by atoms with Gasteiger partial charge in [-0.25, -0.2) is 0 Å². The van der Waals surface area contributed by atoms with E-state index in [4.69, 9.17) is 17.3 Å². The number of halogens is 1. The van der Waals surface area contributed by atoms with Crippen molar-refractivity contribution >= 4 is 17.3 Å². The normalized spacial score (nSPS) is 17.6. The number of nitrogens with zero attached hydrogens (tertiary/aromatic N) is 1. The number of aryl methyl sites for hydroxylation is 1. The van der Waals surface area contributed by atoms with Crippen LogP contribution < -0.4 is 5.73 Å². The molecule has 0 saturated carbocycles. The molecule has 1 aliphatic heterocycles. The van der Waals surface area contributed by atoms with Gasteiger partial charge < -0.3 is 10.6 Å². The number of nitrogen functional groups attached to an aromatic ring is 1. The fourth-order valence-corrected chi connectivity index (χ4v) is 2.73. The molecule has 100 valence electrons. The Morgan fingerprint density at radius 3 is 2.50 bits per heavy atom. The van der Waals surface area contributed by atoms with Crippen LogP contribution in [0.2, 0.25) is 5.02 Å². The molecular formula is C15H23ClN2. The number of rotatable bonds is 4. The van der Waals surface area contributed by atoms with Crippen molar-refractivity contribution in [2.75, 3.05) is 25.4 Å². The lowest BCUT2D eigenvalue weighted by atomic mass is 10.1. The smallest absolute Gasteiger partial charge is 0.0635 e. The van der Waals surface area contributed by atoms with Crippen molar-refractivity contribution in [3.8, 4) is 0 Å². The van der Waals surface area contributed by atoms with E-state index >= 15 is 0 Å². The van der Waals surface area contributed by atoms with Gasteiger partial charge in [0.2, 0.25) is 0 Å². The summed E-state index contributed by atoms with van der Waals surface area (Å²) in [7, 11) is 0. The molecule has 0 radical (unpaired) electrons. The van der Waals surface area contributed by atoms with Crippen LogP contribution in [0.4, 0.5) is 5.69 Å². The van der Waals surface area contributed by atoms with E-state index in [1.807, 2.05) is 12.1 Å². The van der Waals surface area contributed by atoms with E-state index in [1.54, 1.807) is 0 Å². The highest BCUT2D eigenvalue weighted by atomic mass is 35.5. The SMILES string of the molecule is Nc1cc(CCCN2CCCCCC2)ccc1Cl. The maximum Gasteiger partial charge on any atom is 0.0635 e. The summed E-state index contributed by atoms with van der Waals surface area (Å²) in [6, 6.07) is 5.99. The van der Waals surface area contributed by atoms with E-state index in [-0.39, 0.29) is 0 Å². The second-order valence-electron chi connectivity index (χ2n) is 5.22. The number of benzene rings is 1. The Labute approximate surface area is 115 Å². The predicted octanol–water partition coefficient (Wildman–Crippen LogP) is 3.73. The Morgan fingerprint density at radius 1 is 1.11 bits per heavy atom. The third-order valence-corrected chi connectivity index (χ3v) is 4.04. The van der Waals surface area contributed by atoms with E-state index in [2.05, 4.69) is 11.0 Å². The Kier molecular flexibility index (Phi) is 5.33. The molecule has 1 heterocycles. The Bertz CT molecular complexity index is 371. The number of hydrogen-bond acceptors (Lipinski definition) is 2. The van der Waals surface area contributed by atoms with Crippen LogP contribution in [0, 0.1) is 0 Å². The molecule has 1 aromatic rings. The first kappa shape index (κ1) is 13.7. The van der Waals surface area contributed by atoms with Crippen molar-refractivity contribution in [1.29, 1.82) is 0 Å². The van der Waals surface area contributed by atoms with Crippen LogP contribution in [0.3, 0.4) is 0 Å². The zero-order valence-electron chi connectivity index (χ0n) is 11.0. The highest BCUT2D eigenvalue weighted by Crippen LogP contribution is 2.20. The molecule has 3 heteroatoms. The molecule has 18 heavy (non-hydrogen) atoms. The minimum absolute atomic E-state index is 0.659. The molecule has 2 rings (SSSR count). The first-order valence-electron chi connectivity index (χ1n) is 7.02. The third-order valence-electron chi connectivity index (χ3n) is 3.70. The minimum atomic E-state index is 0.659. The van der Waals surface area contributed by atoms with Crippen LogP contribution in [0.5, 0.6) is 0 Å². The monoisotopic (exact) mass is 266 g/mol. The van der Waals surface area contributed by atoms with Crippen LogP contribution in [0.25, 0.3) is 0 Å². The van der Waals surface area contributed by atoms with Gasteiger partial charge >= 0.3 is 0 Å². The standard InChI is InChI=1S/C15H23ClN2/c16-14-8-7-13(12-15(14)17)6-5-11-18-9-3-1-2-4-10-18/h7-8,12H,1-6,9-11,17H2. The van der Waals surface area contributed by atoms with Gasteiger partial charge in [-0.15, -0.1) is 0 Å². The summed E-state index contributed by atoms with van der Waals surface area (Å²) < 4.78 is 0. The van der Waals surface area contributed by atoms with Gasteiger partial charge in [0.1, 0.15) is 0 Å². The largest absolute Gasteiger partial charge is 0.398 e. The van der Waals surface area contributed by atoms with Crippen molar-refractivity contribution in [2.24, 2.45) is 0 Å². The van der Waals surface area contributed by atoms with Crippen LogP contribution in [-0.4, -0.2) is 24.5 Å². The second-order valence-corrected chi connectivity index (χ2v) is 5.62. The van der Waals surface area contributed by atoms with Gasteiger partial charge in [0.15, 0.2) is 0 Å². The van der Waals surface area contributed by atoms with Crippen LogP contribution in [-0.2, 0) is 6.42 Å². The average Bonchev–Trinajstić information content (AvgIpc) is 2.62. The summed E-state index contributed by atoms with van der Waals surface area (Å²) in [6.07, 6.45) is 7.86. The van der Waals surface area contributed by atoms with Crippen LogP contribution >= 0.6 is 11.6 Å². The number of likely N-dealkylation sites (tertiary alicyclic amines) is 1. The molecule has 2 N–H and O–H groups in total. The number of anilines is 1. The fourth-order valence-electron chi connectivity index (χ4n) is 2.62. The average molecular weight is 267 g/mol. The van der Waals surface area contributed by atoms with Crippen LogP contribution in [0.15, 0.2) is 18.2 Å². The lowest BCUT2D eigenvalue weighted by Crippen LogP contribution is -2.26. The zero-order valence-corrected chi connectivity index (χ0v) is 11.8. The van der Waals surface area contributed by atoms with E-state index in [1.165, 1.54) is 57.3 Å². The van der Waals surface area contributed by atoms with E-state index < -0.39 is 0 Å². The molecule has 0 aliphatic carbocycles. The molecule has 0 spiro atoms. The highest BCUT2D eigenvalue weighted by molar-refractivity contribution is 6.33. The van der Waals surface area contributed by atoms with Gasteiger partial charge in [0.25, 0.3) is 0 Å².